The number of thiophene rings is 1. The summed E-state index contributed by atoms with van der Waals surface area (Å²) < 4.78 is 1.12. The summed E-state index contributed by atoms with van der Waals surface area (Å²) in [4.78, 5) is 14.8. The fourth-order valence-electron chi connectivity index (χ4n) is 2.97. The Kier molecular flexibility index (Phi) is 5.60. The summed E-state index contributed by atoms with van der Waals surface area (Å²) in [5.41, 5.74) is 11.5. The van der Waals surface area contributed by atoms with Gasteiger partial charge < -0.3 is 11.5 Å². The van der Waals surface area contributed by atoms with Crippen LogP contribution in [0.15, 0.2) is 15.9 Å². The molecule has 1 fully saturated rings. The Bertz CT molecular complexity index is 455. The van der Waals surface area contributed by atoms with Gasteiger partial charge in [0.05, 0.1) is 6.04 Å². The highest BCUT2D eigenvalue weighted by Gasteiger charge is 2.29. The maximum absolute atomic E-state index is 11.0. The van der Waals surface area contributed by atoms with Gasteiger partial charge >= 0.3 is 0 Å². The zero-order valence-electron chi connectivity index (χ0n) is 11.7. The monoisotopic (exact) mass is 359 g/mol. The SMILES string of the molecule is CC(N)C(c1cc(Br)cs1)N1CCC(CC(N)=O)CC1. The summed E-state index contributed by atoms with van der Waals surface area (Å²) >= 11 is 5.26. The number of likely N-dealkylation sites (tertiary alicyclic amines) is 1. The average molecular weight is 360 g/mol. The molecule has 2 atom stereocenters. The van der Waals surface area contributed by atoms with E-state index < -0.39 is 0 Å². The van der Waals surface area contributed by atoms with Gasteiger partial charge in [-0.3, -0.25) is 9.69 Å². The maximum atomic E-state index is 11.0. The first-order valence-corrected chi connectivity index (χ1v) is 8.66. The van der Waals surface area contributed by atoms with Crippen LogP contribution < -0.4 is 11.5 Å². The molecule has 1 aliphatic heterocycles. The van der Waals surface area contributed by atoms with Crippen LogP contribution in [-0.4, -0.2) is 29.9 Å². The Balaban J connectivity index is 2.00. The van der Waals surface area contributed by atoms with E-state index in [0.29, 0.717) is 12.3 Å². The van der Waals surface area contributed by atoms with Crippen LogP contribution in [-0.2, 0) is 4.79 Å². The summed E-state index contributed by atoms with van der Waals surface area (Å²) in [6.45, 7) is 4.03. The van der Waals surface area contributed by atoms with Gasteiger partial charge in [-0.05, 0) is 60.8 Å². The van der Waals surface area contributed by atoms with Crippen molar-refractivity contribution in [3.05, 3.63) is 20.8 Å². The van der Waals surface area contributed by atoms with E-state index in [0.717, 1.165) is 30.4 Å². The van der Waals surface area contributed by atoms with E-state index in [-0.39, 0.29) is 18.0 Å². The summed E-state index contributed by atoms with van der Waals surface area (Å²) in [6, 6.07) is 2.52. The third-order valence-electron chi connectivity index (χ3n) is 3.91. The van der Waals surface area contributed by atoms with Crippen molar-refractivity contribution < 1.29 is 4.79 Å². The number of halogens is 1. The highest BCUT2D eigenvalue weighted by Crippen LogP contribution is 2.34. The number of carbonyl (C=O) groups excluding carboxylic acids is 1. The molecule has 1 aromatic rings. The third kappa shape index (κ3) is 4.04. The molecule has 1 aliphatic rings. The molecular weight excluding hydrogens is 338 g/mol. The summed E-state index contributed by atoms with van der Waals surface area (Å²) in [7, 11) is 0. The van der Waals surface area contributed by atoms with Crippen LogP contribution >= 0.6 is 27.3 Å². The molecule has 2 rings (SSSR count). The lowest BCUT2D eigenvalue weighted by Crippen LogP contribution is -2.43. The molecule has 1 saturated heterocycles. The topological polar surface area (TPSA) is 72.3 Å². The van der Waals surface area contributed by atoms with Crippen molar-refractivity contribution in [2.45, 2.75) is 38.3 Å². The Hall–Kier alpha value is -0.430. The van der Waals surface area contributed by atoms with Crippen LogP contribution in [0.3, 0.4) is 0 Å². The largest absolute Gasteiger partial charge is 0.370 e. The van der Waals surface area contributed by atoms with Gasteiger partial charge in [0.15, 0.2) is 0 Å². The molecule has 0 aliphatic carbocycles. The van der Waals surface area contributed by atoms with Gasteiger partial charge in [0.25, 0.3) is 0 Å². The first-order chi connectivity index (χ1) is 9.47. The highest BCUT2D eigenvalue weighted by atomic mass is 79.9. The number of primary amides is 1. The van der Waals surface area contributed by atoms with Crippen molar-refractivity contribution in [2.24, 2.45) is 17.4 Å². The van der Waals surface area contributed by atoms with Gasteiger partial charge in [-0.15, -0.1) is 11.3 Å². The highest BCUT2D eigenvalue weighted by molar-refractivity contribution is 9.10. The quantitative estimate of drug-likeness (QED) is 0.847. The summed E-state index contributed by atoms with van der Waals surface area (Å²) in [5.74, 6) is 0.252. The van der Waals surface area contributed by atoms with E-state index >= 15 is 0 Å². The van der Waals surface area contributed by atoms with Crippen LogP contribution in [0, 0.1) is 5.92 Å². The van der Waals surface area contributed by atoms with Crippen molar-refractivity contribution in [3.8, 4) is 0 Å². The zero-order valence-corrected chi connectivity index (χ0v) is 14.1. The molecule has 6 heteroatoms. The van der Waals surface area contributed by atoms with Crippen molar-refractivity contribution in [2.75, 3.05) is 13.1 Å². The number of piperidine rings is 1. The predicted octanol–water partition coefficient (Wildman–Crippen LogP) is 2.49. The number of hydrogen-bond acceptors (Lipinski definition) is 4. The number of amides is 1. The zero-order chi connectivity index (χ0) is 14.7. The minimum Gasteiger partial charge on any atom is -0.370 e. The van der Waals surface area contributed by atoms with Crippen LogP contribution in [0.4, 0.5) is 0 Å². The third-order valence-corrected chi connectivity index (χ3v) is 5.67. The first kappa shape index (κ1) is 15.9. The fourth-order valence-corrected chi connectivity index (χ4v) is 4.67. The minimum atomic E-state index is -0.186. The Labute approximate surface area is 132 Å². The summed E-state index contributed by atoms with van der Waals surface area (Å²) in [5, 5.41) is 2.10. The van der Waals surface area contributed by atoms with Gasteiger partial charge in [0.2, 0.25) is 5.91 Å². The lowest BCUT2D eigenvalue weighted by molar-refractivity contribution is -0.119. The van der Waals surface area contributed by atoms with E-state index in [9.17, 15) is 4.79 Å². The molecule has 20 heavy (non-hydrogen) atoms. The molecule has 0 radical (unpaired) electrons. The van der Waals surface area contributed by atoms with Crippen LogP contribution in [0.25, 0.3) is 0 Å². The molecule has 112 valence electrons. The second-order valence-corrected chi connectivity index (χ2v) is 7.48. The molecule has 1 amide bonds. The normalized spacial score (nSPS) is 20.8. The van der Waals surface area contributed by atoms with Gasteiger partial charge in [-0.2, -0.15) is 0 Å². The fraction of sp³-hybridized carbons (Fsp3) is 0.643. The molecule has 4 nitrogen and oxygen atoms in total. The Morgan fingerprint density at radius 2 is 2.20 bits per heavy atom. The van der Waals surface area contributed by atoms with Crippen molar-refractivity contribution in [3.63, 3.8) is 0 Å². The second kappa shape index (κ2) is 7.02. The minimum absolute atomic E-state index is 0.0910. The molecule has 2 unspecified atom stereocenters. The Morgan fingerprint density at radius 3 is 2.65 bits per heavy atom. The molecule has 0 aromatic carbocycles. The van der Waals surface area contributed by atoms with E-state index in [1.54, 1.807) is 11.3 Å². The first-order valence-electron chi connectivity index (χ1n) is 6.99. The maximum Gasteiger partial charge on any atom is 0.217 e. The van der Waals surface area contributed by atoms with E-state index in [1.807, 2.05) is 0 Å². The van der Waals surface area contributed by atoms with Gasteiger partial charge in [0, 0.05) is 27.2 Å². The number of hydrogen-bond donors (Lipinski definition) is 2. The van der Waals surface area contributed by atoms with Crippen molar-refractivity contribution >= 4 is 33.2 Å². The van der Waals surface area contributed by atoms with Gasteiger partial charge in [0.1, 0.15) is 0 Å². The smallest absolute Gasteiger partial charge is 0.217 e. The molecule has 4 N–H and O–H groups in total. The molecule has 1 aromatic heterocycles. The number of rotatable bonds is 5. The van der Waals surface area contributed by atoms with E-state index in [2.05, 4.69) is 39.2 Å². The Morgan fingerprint density at radius 1 is 1.55 bits per heavy atom. The number of nitrogens with two attached hydrogens (primary N) is 2. The van der Waals surface area contributed by atoms with Crippen LogP contribution in [0.2, 0.25) is 0 Å². The molecule has 0 bridgehead atoms. The van der Waals surface area contributed by atoms with E-state index in [4.69, 9.17) is 11.5 Å². The molecular formula is C14H22BrN3OS. The molecule has 0 spiro atoms. The second-order valence-electron chi connectivity index (χ2n) is 5.62. The van der Waals surface area contributed by atoms with Gasteiger partial charge in [-0.25, -0.2) is 0 Å². The standard InChI is InChI=1S/C14H22BrN3OS/c1-9(16)14(12-7-11(15)8-20-12)18-4-2-10(3-5-18)6-13(17)19/h7-10,14H,2-6,16H2,1H3,(H2,17,19). The molecule has 2 heterocycles. The lowest BCUT2D eigenvalue weighted by atomic mass is 9.91. The van der Waals surface area contributed by atoms with Crippen LogP contribution in [0.1, 0.15) is 37.1 Å². The van der Waals surface area contributed by atoms with Gasteiger partial charge in [-0.1, -0.05) is 0 Å². The predicted molar refractivity (Wildman–Crippen MR) is 86.5 cm³/mol. The molecule has 0 saturated carbocycles. The van der Waals surface area contributed by atoms with E-state index in [1.165, 1.54) is 4.88 Å². The number of carbonyl (C=O) groups is 1. The summed E-state index contributed by atoms with van der Waals surface area (Å²) in [6.07, 6.45) is 2.57. The van der Waals surface area contributed by atoms with Crippen molar-refractivity contribution in [1.29, 1.82) is 0 Å². The van der Waals surface area contributed by atoms with Crippen LogP contribution in [0.5, 0.6) is 0 Å². The lowest BCUT2D eigenvalue weighted by Gasteiger charge is -2.38. The average Bonchev–Trinajstić information content (AvgIpc) is 2.77. The number of nitrogens with zero attached hydrogens (tertiary/aromatic N) is 1. The van der Waals surface area contributed by atoms with Crippen molar-refractivity contribution in [1.82, 2.24) is 4.90 Å².